The highest BCUT2D eigenvalue weighted by atomic mass is 16.3. The maximum atomic E-state index is 13.9. The van der Waals surface area contributed by atoms with E-state index in [0.717, 1.165) is 5.69 Å². The van der Waals surface area contributed by atoms with Crippen LogP contribution in [0.4, 0.5) is 5.69 Å². The minimum atomic E-state index is -2.65. The number of nitrogens with zero attached hydrogens (tertiary/aromatic N) is 2. The third kappa shape index (κ3) is 3.48. The van der Waals surface area contributed by atoms with Gasteiger partial charge in [-0.3, -0.25) is 19.3 Å². The molecule has 0 aromatic heterocycles. The molecule has 0 radical (unpaired) electrons. The molecule has 2 fully saturated rings. The molecule has 3 aliphatic carbocycles. The average Bonchev–Trinajstić information content (AvgIpc) is 2.82. The lowest BCUT2D eigenvalue weighted by molar-refractivity contribution is -0.153. The Balaban J connectivity index is 1.68. The largest absolute Gasteiger partial charge is 0.508 e. The molecule has 4 atom stereocenters. The molecule has 1 unspecified atom stereocenters. The highest BCUT2D eigenvalue weighted by Gasteiger charge is 2.64. The van der Waals surface area contributed by atoms with E-state index in [1.807, 2.05) is 0 Å². The molecule has 11 heteroatoms. The molecule has 1 aromatic carbocycles. The number of fused-ring (bicyclic) bond motifs is 3. The van der Waals surface area contributed by atoms with Crippen LogP contribution >= 0.6 is 0 Å². The van der Waals surface area contributed by atoms with Crippen molar-refractivity contribution in [2.75, 3.05) is 32.1 Å². The van der Waals surface area contributed by atoms with Gasteiger partial charge in [-0.15, -0.1) is 0 Å². The predicted octanol–water partition coefficient (Wildman–Crippen LogP) is -0.0749. The monoisotopic (exact) mass is 513 g/mol. The van der Waals surface area contributed by atoms with Crippen molar-refractivity contribution in [2.45, 2.75) is 43.4 Å². The Morgan fingerprint density at radius 2 is 1.78 bits per heavy atom. The number of aliphatic hydroxyl groups excluding tert-OH is 3. The van der Waals surface area contributed by atoms with Gasteiger partial charge in [-0.25, -0.2) is 0 Å². The topological polar surface area (TPSA) is 185 Å². The van der Waals surface area contributed by atoms with Crippen LogP contribution in [0.5, 0.6) is 5.75 Å². The Bertz CT molecular complexity index is 1280. The second-order valence-electron chi connectivity index (χ2n) is 10.6. The predicted molar refractivity (Wildman–Crippen MR) is 132 cm³/mol. The number of phenolic OH excluding ortho intramolecular Hbond substituents is 1. The van der Waals surface area contributed by atoms with Gasteiger partial charge in [0.15, 0.2) is 11.4 Å². The molecule has 5 rings (SSSR count). The summed E-state index contributed by atoms with van der Waals surface area (Å²) in [6, 6.07) is 2.04. The van der Waals surface area contributed by atoms with E-state index in [0.29, 0.717) is 31.5 Å². The van der Waals surface area contributed by atoms with Crippen molar-refractivity contribution in [1.29, 1.82) is 0 Å². The van der Waals surface area contributed by atoms with Crippen molar-refractivity contribution in [2.24, 2.45) is 17.6 Å². The highest BCUT2D eigenvalue weighted by Crippen LogP contribution is 2.53. The number of anilines is 1. The molecular formula is C26H31N3O8. The van der Waals surface area contributed by atoms with Crippen molar-refractivity contribution >= 4 is 28.9 Å². The van der Waals surface area contributed by atoms with Crippen molar-refractivity contribution in [3.05, 3.63) is 40.2 Å². The molecule has 4 aliphatic rings. The second-order valence-corrected chi connectivity index (χ2v) is 10.6. The number of primary amides is 1. The van der Waals surface area contributed by atoms with Crippen LogP contribution in [-0.2, 0) is 20.8 Å². The normalized spacial score (nSPS) is 30.4. The number of hydrogen-bond donors (Lipinski definition) is 6. The summed E-state index contributed by atoms with van der Waals surface area (Å²) in [5.74, 6) is -6.67. The first-order chi connectivity index (χ1) is 17.4. The van der Waals surface area contributed by atoms with E-state index in [2.05, 4.69) is 4.90 Å². The van der Waals surface area contributed by atoms with E-state index in [-0.39, 0.29) is 29.7 Å². The van der Waals surface area contributed by atoms with E-state index in [9.17, 15) is 39.9 Å². The molecule has 1 aromatic rings. The molecule has 1 saturated carbocycles. The van der Waals surface area contributed by atoms with Crippen molar-refractivity contribution in [3.63, 3.8) is 0 Å². The summed E-state index contributed by atoms with van der Waals surface area (Å²) in [4.78, 5) is 42.6. The summed E-state index contributed by atoms with van der Waals surface area (Å²) in [6.07, 6.45) is 1.02. The fraction of sp³-hybridized carbons (Fsp3) is 0.500. The van der Waals surface area contributed by atoms with E-state index < -0.39 is 64.1 Å². The third-order valence-corrected chi connectivity index (χ3v) is 8.38. The lowest BCUT2D eigenvalue weighted by atomic mass is 9.57. The maximum absolute atomic E-state index is 13.9. The first kappa shape index (κ1) is 25.2. The Morgan fingerprint density at radius 1 is 1.14 bits per heavy atom. The van der Waals surface area contributed by atoms with Crippen LogP contribution in [0, 0.1) is 11.8 Å². The number of aliphatic hydroxyl groups is 4. The number of phenols is 1. The summed E-state index contributed by atoms with van der Waals surface area (Å²) in [5, 5.41) is 54.5. The summed E-state index contributed by atoms with van der Waals surface area (Å²) >= 11 is 0. The van der Waals surface area contributed by atoms with Crippen LogP contribution in [0.15, 0.2) is 29.0 Å². The molecule has 7 N–H and O–H groups in total. The average molecular weight is 514 g/mol. The minimum absolute atomic E-state index is 0.0412. The lowest BCUT2D eigenvalue weighted by Crippen LogP contribution is -2.65. The molecule has 11 nitrogen and oxygen atoms in total. The first-order valence-electron chi connectivity index (χ1n) is 12.3. The Hall–Kier alpha value is -3.41. The van der Waals surface area contributed by atoms with Gasteiger partial charge in [0.25, 0.3) is 5.91 Å². The Labute approximate surface area is 213 Å². The number of likely N-dealkylation sites (N-methyl/N-ethyl adjacent to an activating group) is 1. The van der Waals surface area contributed by atoms with E-state index in [4.69, 9.17) is 5.73 Å². The van der Waals surface area contributed by atoms with Gasteiger partial charge in [-0.2, -0.15) is 0 Å². The third-order valence-electron chi connectivity index (χ3n) is 8.38. The number of carbonyl (C=O) groups excluding carboxylic acids is 3. The van der Waals surface area contributed by atoms with Crippen LogP contribution < -0.4 is 10.6 Å². The Morgan fingerprint density at radius 3 is 2.38 bits per heavy atom. The molecule has 1 heterocycles. The molecule has 1 aliphatic heterocycles. The first-order valence-corrected chi connectivity index (χ1v) is 12.3. The van der Waals surface area contributed by atoms with Crippen LogP contribution in [-0.4, -0.2) is 92.8 Å². The fourth-order valence-corrected chi connectivity index (χ4v) is 6.63. The maximum Gasteiger partial charge on any atom is 0.255 e. The number of nitrogens with two attached hydrogens (primary N) is 1. The number of aromatic hydroxyl groups is 1. The van der Waals surface area contributed by atoms with Crippen LogP contribution in [0.3, 0.4) is 0 Å². The SMILES string of the molecule is CN(C)C1C(=O)C(C(N)=O)=C(O)[C@@]2(O)C(=O)C3=C(O)c4c(O)ccc(N5CCC(O)CC5)c4C[C@H]3C[C@@H]12. The van der Waals surface area contributed by atoms with Gasteiger partial charge in [-0.05, 0) is 63.4 Å². The quantitative estimate of drug-likeness (QED) is 0.299. The van der Waals surface area contributed by atoms with Gasteiger partial charge >= 0.3 is 0 Å². The number of rotatable bonds is 3. The number of carbonyl (C=O) groups is 3. The lowest BCUT2D eigenvalue weighted by Gasteiger charge is -2.50. The van der Waals surface area contributed by atoms with Crippen molar-refractivity contribution < 1.29 is 39.9 Å². The molecule has 1 saturated heterocycles. The zero-order valence-corrected chi connectivity index (χ0v) is 20.6. The van der Waals surface area contributed by atoms with Crippen LogP contribution in [0.2, 0.25) is 0 Å². The van der Waals surface area contributed by atoms with Gasteiger partial charge in [-0.1, -0.05) is 0 Å². The van der Waals surface area contributed by atoms with Crippen molar-refractivity contribution in [1.82, 2.24) is 4.90 Å². The standard InChI is InChI=1S/C26H31N3O8/c1-28(2)20-14-10-11-9-13-15(29-7-5-12(30)6-8-29)3-4-16(31)18(13)21(32)17(11)23(34)26(14,37)24(35)19(22(20)33)25(27)36/h3-4,11-12,14,20,30-32,35,37H,5-10H2,1-2H3,(H2,27,36)/t11-,14-,20?,26-/m0/s1. The Kier molecular flexibility index (Phi) is 5.85. The molecule has 37 heavy (non-hydrogen) atoms. The van der Waals surface area contributed by atoms with E-state index >= 15 is 0 Å². The zero-order valence-electron chi connectivity index (χ0n) is 20.6. The fourth-order valence-electron chi connectivity index (χ4n) is 6.63. The van der Waals surface area contributed by atoms with Gasteiger partial charge < -0.3 is 36.2 Å². The summed E-state index contributed by atoms with van der Waals surface area (Å²) < 4.78 is 0. The van der Waals surface area contributed by atoms with Crippen molar-refractivity contribution in [3.8, 4) is 5.75 Å². The minimum Gasteiger partial charge on any atom is -0.508 e. The zero-order chi connectivity index (χ0) is 27.0. The molecule has 198 valence electrons. The molecule has 0 spiro atoms. The van der Waals surface area contributed by atoms with E-state index in [1.165, 1.54) is 11.0 Å². The number of piperidine rings is 1. The number of ketones is 2. The smallest absolute Gasteiger partial charge is 0.255 e. The van der Waals surface area contributed by atoms with Gasteiger partial charge in [0, 0.05) is 30.3 Å². The number of Topliss-reactive ketones (excluding diaryl/α,β-unsaturated/α-hetero) is 2. The van der Waals surface area contributed by atoms with E-state index in [1.54, 1.807) is 20.2 Å². The molecular weight excluding hydrogens is 482 g/mol. The summed E-state index contributed by atoms with van der Waals surface area (Å²) in [5.41, 5.74) is 3.14. The molecule has 0 bridgehead atoms. The summed E-state index contributed by atoms with van der Waals surface area (Å²) in [6.45, 7) is 1.15. The number of amides is 1. The van der Waals surface area contributed by atoms with Crippen LogP contribution in [0.25, 0.3) is 5.76 Å². The van der Waals surface area contributed by atoms with Gasteiger partial charge in [0.2, 0.25) is 5.78 Å². The second kappa shape index (κ2) is 8.57. The summed E-state index contributed by atoms with van der Waals surface area (Å²) in [7, 11) is 3.13. The van der Waals surface area contributed by atoms with Gasteiger partial charge in [0.1, 0.15) is 22.8 Å². The van der Waals surface area contributed by atoms with Crippen LogP contribution in [0.1, 0.15) is 30.4 Å². The van der Waals surface area contributed by atoms with Gasteiger partial charge in [0.05, 0.1) is 17.7 Å². The molecule has 1 amide bonds. The highest BCUT2D eigenvalue weighted by molar-refractivity contribution is 6.24. The number of hydrogen-bond acceptors (Lipinski definition) is 10. The number of benzene rings is 1.